The Morgan fingerprint density at radius 1 is 1.43 bits per heavy atom. The summed E-state index contributed by atoms with van der Waals surface area (Å²) >= 11 is 2.24. The van der Waals surface area contributed by atoms with E-state index in [1.54, 1.807) is 0 Å². The quantitative estimate of drug-likeness (QED) is 0.265. The van der Waals surface area contributed by atoms with Crippen molar-refractivity contribution in [2.45, 2.75) is 19.9 Å². The Morgan fingerprint density at radius 2 is 2.00 bits per heavy atom. The van der Waals surface area contributed by atoms with Crippen LogP contribution >= 0.6 is 22.6 Å². The second kappa shape index (κ2) is 5.22. The van der Waals surface area contributed by atoms with Gasteiger partial charge in [-0.1, -0.05) is 45.9 Å². The minimum atomic E-state index is -0.0400. The summed E-state index contributed by atoms with van der Waals surface area (Å²) in [5.41, 5.74) is 12.0. The number of hydrogen-bond acceptors (Lipinski definition) is 1. The lowest BCUT2D eigenvalue weighted by Gasteiger charge is -2.14. The van der Waals surface area contributed by atoms with Crippen LogP contribution in [0.1, 0.15) is 22.7 Å². The van der Waals surface area contributed by atoms with Gasteiger partial charge in [-0.25, -0.2) is 0 Å². The Balaban J connectivity index is 3.21. The number of alkyl halides is 1. The maximum atomic E-state index is 8.47. The van der Waals surface area contributed by atoms with Crippen LogP contribution in [0, 0.1) is 13.8 Å². The van der Waals surface area contributed by atoms with Gasteiger partial charge in [0.25, 0.3) is 0 Å². The number of rotatable bonds is 3. The minimum absolute atomic E-state index is 0.0400. The fourth-order valence-corrected chi connectivity index (χ4v) is 2.20. The van der Waals surface area contributed by atoms with Crippen LogP contribution in [-0.4, -0.2) is 4.43 Å². The van der Waals surface area contributed by atoms with Gasteiger partial charge < -0.3 is 0 Å². The molecule has 0 spiro atoms. The zero-order valence-electron chi connectivity index (χ0n) is 8.24. The SMILES string of the molecule is Cc1cccc(C)c1C(CI)N=[N+]=[N-]. The molecule has 0 radical (unpaired) electrons. The molecule has 1 atom stereocenters. The van der Waals surface area contributed by atoms with E-state index in [2.05, 4.69) is 58.6 Å². The van der Waals surface area contributed by atoms with Gasteiger partial charge >= 0.3 is 0 Å². The van der Waals surface area contributed by atoms with Crippen LogP contribution in [0.15, 0.2) is 23.3 Å². The molecule has 1 rings (SSSR count). The molecule has 0 aromatic heterocycles. The molecular formula is C10H12IN3. The predicted molar refractivity (Wildman–Crippen MR) is 66.7 cm³/mol. The van der Waals surface area contributed by atoms with Crippen LogP contribution in [0.3, 0.4) is 0 Å². The molecule has 0 saturated heterocycles. The van der Waals surface area contributed by atoms with Crippen LogP contribution in [-0.2, 0) is 0 Å². The van der Waals surface area contributed by atoms with Crippen LogP contribution in [0.2, 0.25) is 0 Å². The van der Waals surface area contributed by atoms with Gasteiger partial charge in [0.1, 0.15) is 0 Å². The molecule has 0 bridgehead atoms. The first-order chi connectivity index (χ1) is 6.70. The van der Waals surface area contributed by atoms with Gasteiger partial charge in [0, 0.05) is 9.34 Å². The molecule has 1 unspecified atom stereocenters. The second-order valence-electron chi connectivity index (χ2n) is 3.18. The summed E-state index contributed by atoms with van der Waals surface area (Å²) in [6.45, 7) is 4.10. The number of hydrogen-bond donors (Lipinski definition) is 0. The standard InChI is InChI=1S/C10H12IN3/c1-7-4-3-5-8(2)10(7)9(6-11)13-14-12/h3-5,9H,6H2,1-2H3. The van der Waals surface area contributed by atoms with Gasteiger partial charge in [-0.2, -0.15) is 0 Å². The molecule has 0 aliphatic heterocycles. The second-order valence-corrected chi connectivity index (χ2v) is 4.06. The third kappa shape index (κ3) is 2.39. The van der Waals surface area contributed by atoms with Crippen molar-refractivity contribution in [3.63, 3.8) is 0 Å². The Hall–Kier alpha value is -0.740. The predicted octanol–water partition coefficient (Wildman–Crippen LogP) is 4.09. The summed E-state index contributed by atoms with van der Waals surface area (Å²) in [6.07, 6.45) is 0. The molecule has 74 valence electrons. The third-order valence-electron chi connectivity index (χ3n) is 2.21. The lowest BCUT2D eigenvalue weighted by atomic mass is 9.98. The van der Waals surface area contributed by atoms with Crippen molar-refractivity contribution in [2.75, 3.05) is 4.43 Å². The fraction of sp³-hybridized carbons (Fsp3) is 0.400. The van der Waals surface area contributed by atoms with E-state index >= 15 is 0 Å². The smallest absolute Gasteiger partial charge is 0.0719 e. The van der Waals surface area contributed by atoms with Crippen LogP contribution in [0.4, 0.5) is 0 Å². The molecule has 0 heterocycles. The summed E-state index contributed by atoms with van der Waals surface area (Å²) < 4.78 is 0.813. The highest BCUT2D eigenvalue weighted by Crippen LogP contribution is 2.26. The van der Waals surface area contributed by atoms with E-state index in [0.29, 0.717) is 0 Å². The first-order valence-electron chi connectivity index (χ1n) is 4.37. The maximum absolute atomic E-state index is 8.47. The van der Waals surface area contributed by atoms with E-state index in [1.165, 1.54) is 16.7 Å². The molecule has 3 nitrogen and oxygen atoms in total. The highest BCUT2D eigenvalue weighted by molar-refractivity contribution is 14.1. The monoisotopic (exact) mass is 301 g/mol. The van der Waals surface area contributed by atoms with Gasteiger partial charge in [-0.3, -0.25) is 0 Å². The highest BCUT2D eigenvalue weighted by atomic mass is 127. The van der Waals surface area contributed by atoms with E-state index in [1.807, 2.05) is 6.07 Å². The van der Waals surface area contributed by atoms with Crippen molar-refractivity contribution >= 4 is 22.6 Å². The van der Waals surface area contributed by atoms with E-state index < -0.39 is 0 Å². The third-order valence-corrected chi connectivity index (χ3v) is 3.05. The average molecular weight is 301 g/mol. The van der Waals surface area contributed by atoms with Crippen molar-refractivity contribution in [1.82, 2.24) is 0 Å². The maximum Gasteiger partial charge on any atom is 0.0719 e. The molecule has 14 heavy (non-hydrogen) atoms. The minimum Gasteiger partial charge on any atom is -0.0856 e. The molecule has 4 heteroatoms. The Labute approximate surface area is 97.3 Å². The highest BCUT2D eigenvalue weighted by Gasteiger charge is 2.12. The normalized spacial score (nSPS) is 11.9. The van der Waals surface area contributed by atoms with E-state index in [-0.39, 0.29) is 6.04 Å². The van der Waals surface area contributed by atoms with E-state index in [0.717, 1.165) is 4.43 Å². The number of azide groups is 1. The van der Waals surface area contributed by atoms with Crippen LogP contribution in [0.5, 0.6) is 0 Å². The lowest BCUT2D eigenvalue weighted by molar-refractivity contribution is 0.816. The largest absolute Gasteiger partial charge is 0.0856 e. The zero-order chi connectivity index (χ0) is 10.6. The zero-order valence-corrected chi connectivity index (χ0v) is 10.4. The fourth-order valence-electron chi connectivity index (χ4n) is 1.58. The summed E-state index contributed by atoms with van der Waals surface area (Å²) in [5.74, 6) is 0. The van der Waals surface area contributed by atoms with E-state index in [9.17, 15) is 0 Å². The summed E-state index contributed by atoms with van der Waals surface area (Å²) in [4.78, 5) is 2.89. The van der Waals surface area contributed by atoms with Gasteiger partial charge in [0.15, 0.2) is 0 Å². The van der Waals surface area contributed by atoms with Crippen molar-refractivity contribution in [1.29, 1.82) is 0 Å². The first-order valence-corrected chi connectivity index (χ1v) is 5.89. The Bertz CT molecular complexity index is 349. The molecule has 0 amide bonds. The van der Waals surface area contributed by atoms with Crippen LogP contribution in [0.25, 0.3) is 10.4 Å². The summed E-state index contributed by atoms with van der Waals surface area (Å²) in [5, 5.41) is 3.81. The first kappa shape index (κ1) is 11.3. The summed E-state index contributed by atoms with van der Waals surface area (Å²) in [7, 11) is 0. The molecule has 0 fully saturated rings. The molecular weight excluding hydrogens is 289 g/mol. The number of aryl methyl sites for hydroxylation is 2. The molecule has 1 aromatic carbocycles. The molecule has 0 saturated carbocycles. The summed E-state index contributed by atoms with van der Waals surface area (Å²) in [6, 6.07) is 6.08. The van der Waals surface area contributed by atoms with Gasteiger partial charge in [0.2, 0.25) is 0 Å². The van der Waals surface area contributed by atoms with Gasteiger partial charge in [-0.15, -0.1) is 0 Å². The number of nitrogens with zero attached hydrogens (tertiary/aromatic N) is 3. The topological polar surface area (TPSA) is 48.8 Å². The Kier molecular flexibility index (Phi) is 4.22. The van der Waals surface area contributed by atoms with Crippen molar-refractivity contribution in [2.24, 2.45) is 5.11 Å². The van der Waals surface area contributed by atoms with Gasteiger partial charge in [0.05, 0.1) is 6.04 Å². The van der Waals surface area contributed by atoms with Crippen molar-refractivity contribution < 1.29 is 0 Å². The van der Waals surface area contributed by atoms with E-state index in [4.69, 9.17) is 5.53 Å². The lowest BCUT2D eigenvalue weighted by Crippen LogP contribution is -2.01. The number of halogens is 1. The molecule has 0 N–H and O–H groups in total. The molecule has 0 aliphatic carbocycles. The average Bonchev–Trinajstić information content (AvgIpc) is 2.16. The van der Waals surface area contributed by atoms with Crippen molar-refractivity contribution in [3.8, 4) is 0 Å². The van der Waals surface area contributed by atoms with Crippen LogP contribution < -0.4 is 0 Å². The molecule has 1 aromatic rings. The van der Waals surface area contributed by atoms with Crippen molar-refractivity contribution in [3.05, 3.63) is 45.3 Å². The molecule has 0 aliphatic rings. The number of benzene rings is 1. The van der Waals surface area contributed by atoms with Gasteiger partial charge in [-0.05, 0) is 36.1 Å². The Morgan fingerprint density at radius 3 is 2.43 bits per heavy atom.